The predicted molar refractivity (Wildman–Crippen MR) is 101 cm³/mol. The fourth-order valence-corrected chi connectivity index (χ4v) is 4.33. The maximum absolute atomic E-state index is 12.6. The Bertz CT molecular complexity index is 608. The highest BCUT2D eigenvalue weighted by molar-refractivity contribution is 7.89. The lowest BCUT2D eigenvalue weighted by Gasteiger charge is -2.35. The Balaban J connectivity index is 2.01. The summed E-state index contributed by atoms with van der Waals surface area (Å²) < 4.78 is 33.5. The molecule has 1 atom stereocenters. The molecule has 1 unspecified atom stereocenters. The van der Waals surface area contributed by atoms with Gasteiger partial charge in [0.15, 0.2) is 0 Å². The fraction of sp³-hybridized carbons (Fsp3) is 0.684. The lowest BCUT2D eigenvalue weighted by atomic mass is 10.0. The average Bonchev–Trinajstić information content (AvgIpc) is 2.60. The van der Waals surface area contributed by atoms with E-state index in [0.29, 0.717) is 17.4 Å². The SMILES string of the molecule is CCCc1ccc(S(=O)(=O)NCC(CC(C)C)N2CCOCC2)cc1. The van der Waals surface area contributed by atoms with Crippen molar-refractivity contribution in [3.8, 4) is 0 Å². The van der Waals surface area contributed by atoms with Crippen LogP contribution >= 0.6 is 0 Å². The maximum atomic E-state index is 12.6. The molecule has 1 aromatic rings. The van der Waals surface area contributed by atoms with E-state index in [9.17, 15) is 8.42 Å². The number of hydrogen-bond acceptors (Lipinski definition) is 4. The molecule has 1 heterocycles. The van der Waals surface area contributed by atoms with Gasteiger partial charge in [-0.3, -0.25) is 4.90 Å². The van der Waals surface area contributed by atoms with Gasteiger partial charge in [0, 0.05) is 25.7 Å². The summed E-state index contributed by atoms with van der Waals surface area (Å²) in [6.07, 6.45) is 3.00. The zero-order chi connectivity index (χ0) is 18.3. The highest BCUT2D eigenvalue weighted by atomic mass is 32.2. The van der Waals surface area contributed by atoms with Gasteiger partial charge < -0.3 is 4.74 Å². The number of sulfonamides is 1. The van der Waals surface area contributed by atoms with E-state index in [-0.39, 0.29) is 6.04 Å². The Hall–Kier alpha value is -0.950. The van der Waals surface area contributed by atoms with Gasteiger partial charge in [-0.2, -0.15) is 0 Å². The van der Waals surface area contributed by atoms with Crippen molar-refractivity contribution in [2.45, 2.75) is 51.0 Å². The minimum Gasteiger partial charge on any atom is -0.379 e. The minimum absolute atomic E-state index is 0.207. The molecule has 5 nitrogen and oxygen atoms in total. The second-order valence-electron chi connectivity index (χ2n) is 7.18. The third-order valence-electron chi connectivity index (χ3n) is 4.59. The summed E-state index contributed by atoms with van der Waals surface area (Å²) in [5.74, 6) is 0.519. The van der Waals surface area contributed by atoms with E-state index < -0.39 is 10.0 Å². The first kappa shape index (κ1) is 20.4. The van der Waals surface area contributed by atoms with Crippen molar-refractivity contribution < 1.29 is 13.2 Å². The van der Waals surface area contributed by atoms with E-state index in [1.54, 1.807) is 12.1 Å². The highest BCUT2D eigenvalue weighted by Crippen LogP contribution is 2.15. The molecule has 0 spiro atoms. The third kappa shape index (κ3) is 6.37. The number of nitrogens with zero attached hydrogens (tertiary/aromatic N) is 1. The van der Waals surface area contributed by atoms with Gasteiger partial charge in [0.05, 0.1) is 18.1 Å². The van der Waals surface area contributed by atoms with E-state index in [4.69, 9.17) is 4.74 Å². The molecule has 0 saturated carbocycles. The molecule has 1 fully saturated rings. The first-order valence-electron chi connectivity index (χ1n) is 9.32. The van der Waals surface area contributed by atoms with E-state index >= 15 is 0 Å². The van der Waals surface area contributed by atoms with Gasteiger partial charge in [-0.1, -0.05) is 39.3 Å². The average molecular weight is 369 g/mol. The summed E-state index contributed by atoms with van der Waals surface area (Å²) in [7, 11) is -3.47. The van der Waals surface area contributed by atoms with Crippen LogP contribution in [0.1, 0.15) is 39.2 Å². The van der Waals surface area contributed by atoms with Crippen LogP contribution in [0.2, 0.25) is 0 Å². The van der Waals surface area contributed by atoms with Crippen molar-refractivity contribution in [3.63, 3.8) is 0 Å². The molecule has 0 radical (unpaired) electrons. The summed E-state index contributed by atoms with van der Waals surface area (Å²) in [6, 6.07) is 7.44. The molecule has 2 rings (SSSR count). The summed E-state index contributed by atoms with van der Waals surface area (Å²) >= 11 is 0. The van der Waals surface area contributed by atoms with Crippen LogP contribution in [0, 0.1) is 5.92 Å². The van der Waals surface area contributed by atoms with Crippen molar-refractivity contribution in [1.82, 2.24) is 9.62 Å². The number of benzene rings is 1. The first-order valence-corrected chi connectivity index (χ1v) is 10.8. The normalized spacial score (nSPS) is 17.8. The summed E-state index contributed by atoms with van der Waals surface area (Å²) in [5.41, 5.74) is 1.17. The zero-order valence-electron chi connectivity index (χ0n) is 15.7. The standard InChI is InChI=1S/C19H32N2O3S/c1-4-5-17-6-8-19(9-7-17)25(22,23)20-15-18(14-16(2)3)21-10-12-24-13-11-21/h6-9,16,18,20H,4-5,10-15H2,1-3H3. The molecular formula is C19H32N2O3S. The van der Waals surface area contributed by atoms with Crippen LogP contribution < -0.4 is 4.72 Å². The Morgan fingerprint density at radius 2 is 1.80 bits per heavy atom. The largest absolute Gasteiger partial charge is 0.379 e. The Labute approximate surface area is 152 Å². The molecule has 0 aromatic heterocycles. The number of rotatable bonds is 9. The van der Waals surface area contributed by atoms with Gasteiger partial charge >= 0.3 is 0 Å². The minimum atomic E-state index is -3.47. The zero-order valence-corrected chi connectivity index (χ0v) is 16.5. The quantitative estimate of drug-likeness (QED) is 0.728. The van der Waals surface area contributed by atoms with E-state index in [1.165, 1.54) is 5.56 Å². The second-order valence-corrected chi connectivity index (χ2v) is 8.94. The van der Waals surface area contributed by atoms with Crippen molar-refractivity contribution in [1.29, 1.82) is 0 Å². The summed E-state index contributed by atoms with van der Waals surface area (Å²) in [4.78, 5) is 2.69. The van der Waals surface area contributed by atoms with Crippen LogP contribution in [0.15, 0.2) is 29.2 Å². The molecule has 0 bridgehead atoms. The van der Waals surface area contributed by atoms with Crippen LogP contribution in [-0.2, 0) is 21.2 Å². The highest BCUT2D eigenvalue weighted by Gasteiger charge is 2.24. The van der Waals surface area contributed by atoms with Crippen molar-refractivity contribution >= 4 is 10.0 Å². The Morgan fingerprint density at radius 3 is 2.36 bits per heavy atom. The topological polar surface area (TPSA) is 58.6 Å². The molecule has 0 aliphatic carbocycles. The van der Waals surface area contributed by atoms with Gasteiger partial charge in [-0.15, -0.1) is 0 Å². The van der Waals surface area contributed by atoms with E-state index in [2.05, 4.69) is 30.4 Å². The maximum Gasteiger partial charge on any atom is 0.240 e. The molecule has 1 saturated heterocycles. The number of aryl methyl sites for hydroxylation is 1. The molecule has 1 N–H and O–H groups in total. The monoisotopic (exact) mass is 368 g/mol. The lowest BCUT2D eigenvalue weighted by Crippen LogP contribution is -2.49. The third-order valence-corrected chi connectivity index (χ3v) is 6.03. The molecular weight excluding hydrogens is 336 g/mol. The van der Waals surface area contributed by atoms with E-state index in [0.717, 1.165) is 45.6 Å². The first-order chi connectivity index (χ1) is 11.9. The van der Waals surface area contributed by atoms with Gasteiger partial charge in [0.2, 0.25) is 10.0 Å². The number of ether oxygens (including phenoxy) is 1. The lowest BCUT2D eigenvalue weighted by molar-refractivity contribution is 0.0134. The van der Waals surface area contributed by atoms with Crippen molar-refractivity contribution in [2.75, 3.05) is 32.8 Å². The Kier molecular flexibility index (Phi) is 7.87. The van der Waals surface area contributed by atoms with Crippen LogP contribution in [0.25, 0.3) is 0 Å². The van der Waals surface area contributed by atoms with Crippen LogP contribution in [0.5, 0.6) is 0 Å². The molecule has 142 valence electrons. The van der Waals surface area contributed by atoms with Crippen molar-refractivity contribution in [3.05, 3.63) is 29.8 Å². The van der Waals surface area contributed by atoms with Crippen LogP contribution in [0.4, 0.5) is 0 Å². The van der Waals surface area contributed by atoms with Gasteiger partial charge in [0.25, 0.3) is 0 Å². The van der Waals surface area contributed by atoms with Crippen LogP contribution in [0.3, 0.4) is 0 Å². The summed E-state index contributed by atoms with van der Waals surface area (Å²) in [5, 5.41) is 0. The predicted octanol–water partition coefficient (Wildman–Crippen LogP) is 2.66. The second kappa shape index (κ2) is 9.67. The molecule has 1 aliphatic rings. The smallest absolute Gasteiger partial charge is 0.240 e. The fourth-order valence-electron chi connectivity index (χ4n) is 3.26. The molecule has 1 aliphatic heterocycles. The molecule has 6 heteroatoms. The molecule has 0 amide bonds. The number of hydrogen-bond donors (Lipinski definition) is 1. The number of nitrogens with one attached hydrogen (secondary N) is 1. The molecule has 25 heavy (non-hydrogen) atoms. The molecule has 1 aromatic carbocycles. The van der Waals surface area contributed by atoms with Gasteiger partial charge in [-0.25, -0.2) is 13.1 Å². The summed E-state index contributed by atoms with van der Waals surface area (Å²) in [6.45, 7) is 10.1. The number of morpholine rings is 1. The van der Waals surface area contributed by atoms with Gasteiger partial charge in [-0.05, 0) is 36.5 Å². The van der Waals surface area contributed by atoms with E-state index in [1.807, 2.05) is 12.1 Å². The van der Waals surface area contributed by atoms with Gasteiger partial charge in [0.1, 0.15) is 0 Å². The van der Waals surface area contributed by atoms with Crippen molar-refractivity contribution in [2.24, 2.45) is 5.92 Å². The Morgan fingerprint density at radius 1 is 1.16 bits per heavy atom. The van der Waals surface area contributed by atoms with Crippen LogP contribution in [-0.4, -0.2) is 52.2 Å².